The van der Waals surface area contributed by atoms with Crippen molar-refractivity contribution in [3.05, 3.63) is 85.7 Å². The van der Waals surface area contributed by atoms with Crippen molar-refractivity contribution in [1.82, 2.24) is 9.99 Å². The molecule has 0 fully saturated rings. The molecule has 0 aliphatic heterocycles. The second-order valence-corrected chi connectivity index (χ2v) is 7.34. The van der Waals surface area contributed by atoms with Crippen LogP contribution >= 0.6 is 11.6 Å². The zero-order valence-electron chi connectivity index (χ0n) is 17.5. The third-order valence-electron chi connectivity index (χ3n) is 4.89. The van der Waals surface area contributed by atoms with E-state index in [1.807, 2.05) is 49.6 Å². The number of carbonyl (C=O) groups is 1. The predicted molar refractivity (Wildman–Crippen MR) is 120 cm³/mol. The van der Waals surface area contributed by atoms with E-state index in [4.69, 9.17) is 16.3 Å². The molecule has 1 heterocycles. The number of nitro benzene ring substituents is 1. The van der Waals surface area contributed by atoms with E-state index in [0.717, 1.165) is 34.3 Å². The number of methoxy groups -OCH3 is 1. The Morgan fingerprint density at radius 1 is 1.19 bits per heavy atom. The van der Waals surface area contributed by atoms with Gasteiger partial charge in [0.05, 0.1) is 23.8 Å². The summed E-state index contributed by atoms with van der Waals surface area (Å²) in [7, 11) is 1.38. The molecule has 9 heteroatoms. The molecule has 0 spiro atoms. The van der Waals surface area contributed by atoms with Crippen molar-refractivity contribution in [2.24, 2.45) is 5.10 Å². The largest absolute Gasteiger partial charge is 0.496 e. The maximum absolute atomic E-state index is 12.5. The van der Waals surface area contributed by atoms with E-state index in [0.29, 0.717) is 5.02 Å². The van der Waals surface area contributed by atoms with E-state index < -0.39 is 10.8 Å². The lowest BCUT2D eigenvalue weighted by Gasteiger charge is -2.11. The van der Waals surface area contributed by atoms with Crippen LogP contribution in [0.1, 0.15) is 32.9 Å². The molecule has 3 aromatic rings. The number of rotatable bonds is 6. The molecular formula is C22H21ClN4O4. The summed E-state index contributed by atoms with van der Waals surface area (Å²) in [6.45, 7) is 5.84. The Morgan fingerprint density at radius 3 is 2.58 bits per heavy atom. The van der Waals surface area contributed by atoms with Crippen LogP contribution in [0.5, 0.6) is 5.75 Å². The summed E-state index contributed by atoms with van der Waals surface area (Å²) in [6.07, 6.45) is 1.52. The normalized spacial score (nSPS) is 11.0. The first kappa shape index (κ1) is 22.0. The van der Waals surface area contributed by atoms with Crippen LogP contribution in [-0.2, 0) is 0 Å². The summed E-state index contributed by atoms with van der Waals surface area (Å²) in [5.41, 5.74) is 6.83. The monoisotopic (exact) mass is 440 g/mol. The molecule has 160 valence electrons. The molecule has 0 unspecified atom stereocenters. The van der Waals surface area contributed by atoms with Crippen LogP contribution in [0.25, 0.3) is 5.69 Å². The first-order chi connectivity index (χ1) is 14.7. The van der Waals surface area contributed by atoms with Crippen LogP contribution in [0, 0.1) is 30.9 Å². The quantitative estimate of drug-likeness (QED) is 0.340. The first-order valence-electron chi connectivity index (χ1n) is 9.34. The molecule has 31 heavy (non-hydrogen) atoms. The van der Waals surface area contributed by atoms with Crippen LogP contribution in [-0.4, -0.2) is 28.7 Å². The van der Waals surface area contributed by atoms with Gasteiger partial charge >= 0.3 is 0 Å². The van der Waals surface area contributed by atoms with Crippen molar-refractivity contribution in [2.45, 2.75) is 20.8 Å². The van der Waals surface area contributed by atoms with Gasteiger partial charge in [-0.05, 0) is 50.6 Å². The number of benzene rings is 2. The number of hydrazone groups is 1. The summed E-state index contributed by atoms with van der Waals surface area (Å²) in [6, 6.07) is 11.6. The highest BCUT2D eigenvalue weighted by Crippen LogP contribution is 2.25. The lowest BCUT2D eigenvalue weighted by molar-refractivity contribution is -0.384. The van der Waals surface area contributed by atoms with Crippen molar-refractivity contribution in [2.75, 3.05) is 7.11 Å². The predicted octanol–water partition coefficient (Wildman–Crippen LogP) is 4.74. The molecule has 0 saturated carbocycles. The molecule has 8 nitrogen and oxygen atoms in total. The highest BCUT2D eigenvalue weighted by molar-refractivity contribution is 6.31. The smallest absolute Gasteiger partial charge is 0.275 e. The van der Waals surface area contributed by atoms with E-state index in [-0.39, 0.29) is 17.0 Å². The number of aromatic nitrogens is 1. The van der Waals surface area contributed by atoms with Gasteiger partial charge in [0, 0.05) is 39.8 Å². The van der Waals surface area contributed by atoms with Gasteiger partial charge in [0.25, 0.3) is 11.6 Å². The Bertz CT molecular complexity index is 1200. The summed E-state index contributed by atoms with van der Waals surface area (Å²) < 4.78 is 7.16. The fourth-order valence-corrected chi connectivity index (χ4v) is 3.42. The molecule has 2 aromatic carbocycles. The molecule has 1 amide bonds. The number of hydrogen-bond acceptors (Lipinski definition) is 5. The minimum Gasteiger partial charge on any atom is -0.496 e. The molecule has 0 atom stereocenters. The number of non-ortho nitro benzene ring substituents is 1. The average Bonchev–Trinajstić information content (AvgIpc) is 3.02. The average molecular weight is 441 g/mol. The number of nitrogens with one attached hydrogen (secondary N) is 1. The Balaban J connectivity index is 1.84. The van der Waals surface area contributed by atoms with Crippen LogP contribution < -0.4 is 10.2 Å². The molecule has 0 radical (unpaired) electrons. The number of nitrogens with zero attached hydrogens (tertiary/aromatic N) is 3. The molecule has 0 bridgehead atoms. The van der Waals surface area contributed by atoms with Gasteiger partial charge in [-0.15, -0.1) is 0 Å². The summed E-state index contributed by atoms with van der Waals surface area (Å²) >= 11 is 6.27. The molecule has 1 aromatic heterocycles. The molecule has 0 aliphatic rings. The SMILES string of the molecule is COc1ccc([N+](=O)[O-])cc1C(=O)N/N=C\c1cc(C)n(-c2ccc(C)c(Cl)c2)c1C. The third-order valence-corrected chi connectivity index (χ3v) is 5.30. The number of amides is 1. The highest BCUT2D eigenvalue weighted by atomic mass is 35.5. The third kappa shape index (κ3) is 4.59. The zero-order chi connectivity index (χ0) is 22.7. The lowest BCUT2D eigenvalue weighted by Crippen LogP contribution is -2.18. The van der Waals surface area contributed by atoms with Gasteiger partial charge in [0.15, 0.2) is 0 Å². The number of hydrogen-bond donors (Lipinski definition) is 1. The zero-order valence-corrected chi connectivity index (χ0v) is 18.2. The van der Waals surface area contributed by atoms with Gasteiger partial charge in [0.1, 0.15) is 5.75 Å². The maximum Gasteiger partial charge on any atom is 0.275 e. The van der Waals surface area contributed by atoms with Gasteiger partial charge in [-0.1, -0.05) is 17.7 Å². The number of halogens is 1. The first-order valence-corrected chi connectivity index (χ1v) is 9.72. The molecule has 3 rings (SSSR count). The van der Waals surface area contributed by atoms with Gasteiger partial charge in [-0.25, -0.2) is 5.43 Å². The van der Waals surface area contributed by atoms with E-state index in [9.17, 15) is 14.9 Å². The molecule has 0 saturated heterocycles. The van der Waals surface area contributed by atoms with Crippen molar-refractivity contribution in [3.8, 4) is 11.4 Å². The minimum absolute atomic E-state index is 0.0219. The minimum atomic E-state index is -0.615. The Hall–Kier alpha value is -3.65. The molecule has 0 aliphatic carbocycles. The van der Waals surface area contributed by atoms with E-state index in [1.165, 1.54) is 25.5 Å². The van der Waals surface area contributed by atoms with Gasteiger partial charge in [0.2, 0.25) is 0 Å². The van der Waals surface area contributed by atoms with Crippen molar-refractivity contribution < 1.29 is 14.5 Å². The van der Waals surface area contributed by atoms with E-state index in [1.54, 1.807) is 0 Å². The lowest BCUT2D eigenvalue weighted by atomic mass is 10.1. The van der Waals surface area contributed by atoms with E-state index >= 15 is 0 Å². The van der Waals surface area contributed by atoms with Crippen molar-refractivity contribution in [1.29, 1.82) is 0 Å². The van der Waals surface area contributed by atoms with Crippen LogP contribution in [0.4, 0.5) is 5.69 Å². The van der Waals surface area contributed by atoms with Crippen LogP contribution in [0.3, 0.4) is 0 Å². The second kappa shape index (κ2) is 9.01. The summed E-state index contributed by atoms with van der Waals surface area (Å²) in [5, 5.41) is 15.7. The molecule has 1 N–H and O–H groups in total. The summed E-state index contributed by atoms with van der Waals surface area (Å²) in [5.74, 6) is -0.399. The van der Waals surface area contributed by atoms with E-state index in [2.05, 4.69) is 10.5 Å². The highest BCUT2D eigenvalue weighted by Gasteiger charge is 2.17. The number of nitro groups is 1. The second-order valence-electron chi connectivity index (χ2n) is 6.94. The Kier molecular flexibility index (Phi) is 6.41. The van der Waals surface area contributed by atoms with Crippen molar-refractivity contribution >= 4 is 29.4 Å². The standard InChI is InChI=1S/C22H21ClN4O4/c1-13-5-6-17(11-20(13)23)26-14(2)9-16(15(26)3)12-24-25-22(28)19-10-18(27(29)30)7-8-21(19)31-4/h5-12H,1-4H3,(H,25,28)/b24-12-. The number of ether oxygens (including phenoxy) is 1. The van der Waals surface area contributed by atoms with Crippen LogP contribution in [0.15, 0.2) is 47.6 Å². The van der Waals surface area contributed by atoms with Gasteiger partial charge in [-0.2, -0.15) is 5.10 Å². The van der Waals surface area contributed by atoms with Gasteiger partial charge < -0.3 is 9.30 Å². The Morgan fingerprint density at radius 2 is 1.94 bits per heavy atom. The fourth-order valence-electron chi connectivity index (χ4n) is 3.24. The number of carbonyl (C=O) groups excluding carboxylic acids is 1. The van der Waals surface area contributed by atoms with Gasteiger partial charge in [-0.3, -0.25) is 14.9 Å². The summed E-state index contributed by atoms with van der Waals surface area (Å²) in [4.78, 5) is 22.9. The fraction of sp³-hybridized carbons (Fsp3) is 0.182. The Labute approximate surface area is 184 Å². The topological polar surface area (TPSA) is 98.8 Å². The molecular weight excluding hydrogens is 420 g/mol. The van der Waals surface area contributed by atoms with Crippen LogP contribution in [0.2, 0.25) is 5.02 Å². The number of aryl methyl sites for hydroxylation is 2. The van der Waals surface area contributed by atoms with Crippen molar-refractivity contribution in [3.63, 3.8) is 0 Å². The maximum atomic E-state index is 12.5.